The molecule has 1 atom stereocenters. The minimum atomic E-state index is 0.184. The Bertz CT molecular complexity index is 750. The minimum absolute atomic E-state index is 0.184. The fourth-order valence-corrected chi connectivity index (χ4v) is 2.88. The van der Waals surface area contributed by atoms with Crippen molar-refractivity contribution in [3.8, 4) is 0 Å². The highest BCUT2D eigenvalue weighted by Crippen LogP contribution is 2.27. The van der Waals surface area contributed by atoms with Gasteiger partial charge in [0.25, 0.3) is 0 Å². The fraction of sp³-hybridized carbons (Fsp3) is 0.167. The number of nitrogens with zero attached hydrogens (tertiary/aromatic N) is 1. The van der Waals surface area contributed by atoms with E-state index in [-0.39, 0.29) is 6.04 Å². The van der Waals surface area contributed by atoms with E-state index < -0.39 is 0 Å². The standard InChI is InChI=1S/C18H17ClN2/c1-20-18(10-13-6-3-5-9-17(13)19)16-12-21-11-14-7-2-4-8-15(14)16/h2-9,11-12,18,20H,10H2,1H3. The lowest BCUT2D eigenvalue weighted by atomic mass is 9.96. The van der Waals surface area contributed by atoms with Gasteiger partial charge in [-0.25, -0.2) is 0 Å². The van der Waals surface area contributed by atoms with Crippen molar-refractivity contribution in [2.45, 2.75) is 12.5 Å². The number of halogens is 1. The maximum absolute atomic E-state index is 6.29. The van der Waals surface area contributed by atoms with Crippen molar-refractivity contribution in [2.24, 2.45) is 0 Å². The van der Waals surface area contributed by atoms with E-state index in [0.717, 1.165) is 22.4 Å². The van der Waals surface area contributed by atoms with E-state index in [1.165, 1.54) is 10.9 Å². The van der Waals surface area contributed by atoms with Crippen LogP contribution in [0.2, 0.25) is 5.02 Å². The number of hydrogen-bond acceptors (Lipinski definition) is 2. The molecule has 1 aromatic heterocycles. The van der Waals surface area contributed by atoms with Gasteiger partial charge in [0, 0.05) is 28.8 Å². The van der Waals surface area contributed by atoms with E-state index in [2.05, 4.69) is 34.6 Å². The van der Waals surface area contributed by atoms with Gasteiger partial charge in [-0.05, 0) is 36.0 Å². The monoisotopic (exact) mass is 296 g/mol. The minimum Gasteiger partial charge on any atom is -0.313 e. The second-order valence-electron chi connectivity index (χ2n) is 5.09. The Balaban J connectivity index is 2.01. The summed E-state index contributed by atoms with van der Waals surface area (Å²) in [6.07, 6.45) is 4.69. The van der Waals surface area contributed by atoms with Gasteiger partial charge >= 0.3 is 0 Å². The Morgan fingerprint density at radius 1 is 1.05 bits per heavy atom. The van der Waals surface area contributed by atoms with Crippen molar-refractivity contribution < 1.29 is 0 Å². The maximum atomic E-state index is 6.29. The zero-order valence-electron chi connectivity index (χ0n) is 11.9. The van der Waals surface area contributed by atoms with Crippen LogP contribution in [0.5, 0.6) is 0 Å². The van der Waals surface area contributed by atoms with Crippen LogP contribution in [-0.2, 0) is 6.42 Å². The normalized spacial score (nSPS) is 12.5. The molecule has 0 saturated carbocycles. The second-order valence-corrected chi connectivity index (χ2v) is 5.49. The van der Waals surface area contributed by atoms with Crippen molar-refractivity contribution in [3.05, 3.63) is 77.1 Å². The van der Waals surface area contributed by atoms with Gasteiger partial charge < -0.3 is 5.32 Å². The molecule has 0 aliphatic rings. The van der Waals surface area contributed by atoms with Crippen molar-refractivity contribution in [1.29, 1.82) is 0 Å². The summed E-state index contributed by atoms with van der Waals surface area (Å²) < 4.78 is 0. The first-order valence-corrected chi connectivity index (χ1v) is 7.40. The number of rotatable bonds is 4. The molecule has 0 bridgehead atoms. The van der Waals surface area contributed by atoms with Crippen molar-refractivity contribution in [2.75, 3.05) is 7.05 Å². The summed E-state index contributed by atoms with van der Waals surface area (Å²) in [6, 6.07) is 16.5. The SMILES string of the molecule is CNC(Cc1ccccc1Cl)c1cncc2ccccc12. The zero-order chi connectivity index (χ0) is 14.7. The van der Waals surface area contributed by atoms with E-state index in [0.29, 0.717) is 0 Å². The molecule has 0 fully saturated rings. The van der Waals surface area contributed by atoms with Crippen LogP contribution >= 0.6 is 11.6 Å². The van der Waals surface area contributed by atoms with Crippen LogP contribution in [0.4, 0.5) is 0 Å². The molecule has 0 aliphatic heterocycles. The van der Waals surface area contributed by atoms with Crippen molar-refractivity contribution in [1.82, 2.24) is 10.3 Å². The van der Waals surface area contributed by atoms with Crippen LogP contribution in [0.15, 0.2) is 60.9 Å². The average molecular weight is 297 g/mol. The van der Waals surface area contributed by atoms with Gasteiger partial charge in [0.1, 0.15) is 0 Å². The number of pyridine rings is 1. The molecule has 1 heterocycles. The van der Waals surface area contributed by atoms with Gasteiger partial charge in [-0.15, -0.1) is 0 Å². The highest BCUT2D eigenvalue weighted by Gasteiger charge is 2.14. The smallest absolute Gasteiger partial charge is 0.0438 e. The summed E-state index contributed by atoms with van der Waals surface area (Å²) in [6.45, 7) is 0. The number of fused-ring (bicyclic) bond motifs is 1. The topological polar surface area (TPSA) is 24.9 Å². The van der Waals surface area contributed by atoms with E-state index in [1.807, 2.05) is 43.7 Å². The highest BCUT2D eigenvalue weighted by molar-refractivity contribution is 6.31. The van der Waals surface area contributed by atoms with Crippen LogP contribution < -0.4 is 5.32 Å². The maximum Gasteiger partial charge on any atom is 0.0438 e. The van der Waals surface area contributed by atoms with Gasteiger partial charge in [-0.2, -0.15) is 0 Å². The molecule has 3 aromatic rings. The van der Waals surface area contributed by atoms with Crippen LogP contribution in [0, 0.1) is 0 Å². The Kier molecular flexibility index (Phi) is 4.18. The van der Waals surface area contributed by atoms with Crippen LogP contribution in [0.3, 0.4) is 0 Å². The van der Waals surface area contributed by atoms with Crippen LogP contribution in [0.1, 0.15) is 17.2 Å². The summed E-state index contributed by atoms with van der Waals surface area (Å²) in [5.74, 6) is 0. The van der Waals surface area contributed by atoms with Crippen molar-refractivity contribution >= 4 is 22.4 Å². The van der Waals surface area contributed by atoms with Gasteiger partial charge in [0.2, 0.25) is 0 Å². The molecule has 0 aliphatic carbocycles. The lowest BCUT2D eigenvalue weighted by molar-refractivity contribution is 0.594. The molecular weight excluding hydrogens is 280 g/mol. The van der Waals surface area contributed by atoms with E-state index in [9.17, 15) is 0 Å². The molecule has 0 spiro atoms. The van der Waals surface area contributed by atoms with Gasteiger partial charge in [0.05, 0.1) is 0 Å². The quantitative estimate of drug-likeness (QED) is 0.772. The second kappa shape index (κ2) is 6.25. The molecule has 2 aromatic carbocycles. The molecule has 1 N–H and O–H groups in total. The third-order valence-electron chi connectivity index (χ3n) is 3.80. The molecule has 2 nitrogen and oxygen atoms in total. The van der Waals surface area contributed by atoms with Crippen molar-refractivity contribution in [3.63, 3.8) is 0 Å². The van der Waals surface area contributed by atoms with Crippen LogP contribution in [0.25, 0.3) is 10.8 Å². The third-order valence-corrected chi connectivity index (χ3v) is 4.17. The first-order valence-electron chi connectivity index (χ1n) is 7.03. The Hall–Kier alpha value is -1.90. The first kappa shape index (κ1) is 14.1. The highest BCUT2D eigenvalue weighted by atomic mass is 35.5. The number of hydrogen-bond donors (Lipinski definition) is 1. The largest absolute Gasteiger partial charge is 0.313 e. The number of nitrogens with one attached hydrogen (secondary N) is 1. The predicted molar refractivity (Wildman–Crippen MR) is 88.7 cm³/mol. The summed E-state index contributed by atoms with van der Waals surface area (Å²) in [7, 11) is 1.98. The van der Waals surface area contributed by atoms with E-state index >= 15 is 0 Å². The van der Waals surface area contributed by atoms with E-state index in [1.54, 1.807) is 0 Å². The molecule has 3 rings (SSSR count). The van der Waals surface area contributed by atoms with Gasteiger partial charge in [-0.3, -0.25) is 4.98 Å². The third kappa shape index (κ3) is 2.92. The molecule has 0 saturated heterocycles. The van der Waals surface area contributed by atoms with Crippen LogP contribution in [-0.4, -0.2) is 12.0 Å². The van der Waals surface area contributed by atoms with Gasteiger partial charge in [-0.1, -0.05) is 54.1 Å². The summed E-state index contributed by atoms with van der Waals surface area (Å²) >= 11 is 6.29. The molecule has 3 heteroatoms. The summed E-state index contributed by atoms with van der Waals surface area (Å²) in [5.41, 5.74) is 2.35. The molecule has 0 radical (unpaired) electrons. The Morgan fingerprint density at radius 2 is 1.81 bits per heavy atom. The Morgan fingerprint density at radius 3 is 2.62 bits per heavy atom. The predicted octanol–water partition coefficient (Wildman–Crippen LogP) is 4.39. The summed E-state index contributed by atoms with van der Waals surface area (Å²) in [5, 5.41) is 6.60. The zero-order valence-corrected chi connectivity index (χ0v) is 12.6. The number of benzene rings is 2. The molecule has 0 amide bonds. The first-order chi connectivity index (χ1) is 10.3. The lowest BCUT2D eigenvalue weighted by Gasteiger charge is -2.19. The lowest BCUT2D eigenvalue weighted by Crippen LogP contribution is -2.19. The van der Waals surface area contributed by atoms with E-state index in [4.69, 9.17) is 11.6 Å². The molecular formula is C18H17ClN2. The molecule has 21 heavy (non-hydrogen) atoms. The fourth-order valence-electron chi connectivity index (χ4n) is 2.67. The summed E-state index contributed by atoms with van der Waals surface area (Å²) in [4.78, 5) is 4.37. The number of likely N-dealkylation sites (N-methyl/N-ethyl adjacent to an activating group) is 1. The Labute approximate surface area is 129 Å². The molecule has 106 valence electrons. The average Bonchev–Trinajstić information content (AvgIpc) is 2.54. The molecule has 1 unspecified atom stereocenters. The number of aromatic nitrogens is 1. The van der Waals surface area contributed by atoms with Gasteiger partial charge in [0.15, 0.2) is 0 Å².